The summed E-state index contributed by atoms with van der Waals surface area (Å²) in [7, 11) is 0. The number of likely N-dealkylation sites (tertiary alicyclic amines) is 1. The van der Waals surface area contributed by atoms with E-state index in [0.29, 0.717) is 31.1 Å². The van der Waals surface area contributed by atoms with Gasteiger partial charge in [0.15, 0.2) is 0 Å². The maximum Gasteiger partial charge on any atom is 0.311 e. The number of fused-ring (bicyclic) bond motifs is 1. The third kappa shape index (κ3) is 2.53. The zero-order valence-corrected chi connectivity index (χ0v) is 13.9. The van der Waals surface area contributed by atoms with Gasteiger partial charge in [0.2, 0.25) is 0 Å². The fraction of sp³-hybridized carbons (Fsp3) is 0.688. The zero-order valence-electron chi connectivity index (χ0n) is 13.0. The van der Waals surface area contributed by atoms with Crippen LogP contribution < -0.4 is 0 Å². The Labute approximate surface area is 134 Å². The highest BCUT2D eigenvalue weighted by Crippen LogP contribution is 2.49. The molecule has 1 aliphatic carbocycles. The molecular weight excluding hydrogens is 300 g/mol. The third-order valence-corrected chi connectivity index (χ3v) is 5.81. The van der Waals surface area contributed by atoms with Gasteiger partial charge in [0.25, 0.3) is 5.91 Å². The fourth-order valence-corrected chi connectivity index (χ4v) is 4.79. The highest BCUT2D eigenvalue weighted by atomic mass is 32.1. The third-order valence-electron chi connectivity index (χ3n) is 4.94. The van der Waals surface area contributed by atoms with Crippen LogP contribution in [-0.4, -0.2) is 40.0 Å². The Morgan fingerprint density at radius 3 is 2.95 bits per heavy atom. The molecule has 0 unspecified atom stereocenters. The summed E-state index contributed by atoms with van der Waals surface area (Å²) in [6.07, 6.45) is 3.42. The van der Waals surface area contributed by atoms with Crippen LogP contribution in [-0.2, 0) is 11.2 Å². The van der Waals surface area contributed by atoms with E-state index in [-0.39, 0.29) is 11.8 Å². The van der Waals surface area contributed by atoms with Crippen LogP contribution in [0.1, 0.15) is 48.6 Å². The first-order valence-electron chi connectivity index (χ1n) is 7.89. The molecule has 3 rings (SSSR count). The number of aromatic nitrogens is 1. The van der Waals surface area contributed by atoms with E-state index in [2.05, 4.69) is 18.8 Å². The lowest BCUT2D eigenvalue weighted by atomic mass is 9.81. The minimum atomic E-state index is -0.746. The fourth-order valence-electron chi connectivity index (χ4n) is 3.81. The van der Waals surface area contributed by atoms with E-state index >= 15 is 0 Å². The Morgan fingerprint density at radius 1 is 1.55 bits per heavy atom. The maximum absolute atomic E-state index is 12.6. The predicted molar refractivity (Wildman–Crippen MR) is 84.0 cm³/mol. The molecule has 1 saturated carbocycles. The van der Waals surface area contributed by atoms with E-state index in [1.165, 1.54) is 11.3 Å². The second-order valence-electron chi connectivity index (χ2n) is 6.96. The van der Waals surface area contributed by atoms with Gasteiger partial charge in [-0.15, -0.1) is 11.3 Å². The van der Waals surface area contributed by atoms with Crippen LogP contribution in [0.3, 0.4) is 0 Å². The molecule has 1 amide bonds. The van der Waals surface area contributed by atoms with Gasteiger partial charge in [0.1, 0.15) is 5.69 Å². The average Bonchev–Trinajstić information content (AvgIpc) is 3.09. The highest BCUT2D eigenvalue weighted by molar-refractivity contribution is 7.09. The molecule has 1 aliphatic heterocycles. The zero-order chi connectivity index (χ0) is 15.9. The number of amides is 1. The number of hydrogen-bond donors (Lipinski definition) is 1. The molecule has 2 atom stereocenters. The summed E-state index contributed by atoms with van der Waals surface area (Å²) in [6, 6.07) is 0. The monoisotopic (exact) mass is 322 g/mol. The summed E-state index contributed by atoms with van der Waals surface area (Å²) < 4.78 is 0. The SMILES string of the molecule is CC(C)Cc1nc(C(=O)N2C[C@@H]3CCC[C@@]3(C(=O)O)C2)cs1. The molecule has 1 saturated heterocycles. The van der Waals surface area contributed by atoms with Crippen molar-refractivity contribution in [2.75, 3.05) is 13.1 Å². The van der Waals surface area contributed by atoms with Crippen molar-refractivity contribution in [2.24, 2.45) is 17.3 Å². The summed E-state index contributed by atoms with van der Waals surface area (Å²) in [5.74, 6) is -0.247. The lowest BCUT2D eigenvalue weighted by molar-refractivity contribution is -0.149. The number of aliphatic carboxylic acids is 1. The first-order chi connectivity index (χ1) is 10.4. The quantitative estimate of drug-likeness (QED) is 0.925. The Bertz CT molecular complexity index is 598. The lowest BCUT2D eigenvalue weighted by Crippen LogP contribution is -2.37. The van der Waals surface area contributed by atoms with Gasteiger partial charge in [-0.05, 0) is 24.7 Å². The molecule has 1 aromatic heterocycles. The number of carbonyl (C=O) groups excluding carboxylic acids is 1. The predicted octanol–water partition coefficient (Wildman–Crippen LogP) is 2.67. The van der Waals surface area contributed by atoms with E-state index in [9.17, 15) is 14.7 Å². The van der Waals surface area contributed by atoms with Crippen LogP contribution >= 0.6 is 11.3 Å². The lowest BCUT2D eigenvalue weighted by Gasteiger charge is -2.23. The van der Waals surface area contributed by atoms with E-state index in [1.54, 1.807) is 4.90 Å². The van der Waals surface area contributed by atoms with Gasteiger partial charge in [0, 0.05) is 24.9 Å². The molecule has 22 heavy (non-hydrogen) atoms. The summed E-state index contributed by atoms with van der Waals surface area (Å²) in [5, 5.41) is 12.4. The van der Waals surface area contributed by atoms with E-state index in [0.717, 1.165) is 24.3 Å². The van der Waals surface area contributed by atoms with Gasteiger partial charge >= 0.3 is 5.97 Å². The highest BCUT2D eigenvalue weighted by Gasteiger charge is 2.55. The number of hydrogen-bond acceptors (Lipinski definition) is 4. The van der Waals surface area contributed by atoms with Gasteiger partial charge in [-0.1, -0.05) is 20.3 Å². The topological polar surface area (TPSA) is 70.5 Å². The second-order valence-corrected chi connectivity index (χ2v) is 7.90. The van der Waals surface area contributed by atoms with Crippen molar-refractivity contribution in [1.29, 1.82) is 0 Å². The second kappa shape index (κ2) is 5.65. The maximum atomic E-state index is 12.6. The van der Waals surface area contributed by atoms with Crippen molar-refractivity contribution in [3.63, 3.8) is 0 Å². The first kappa shape index (κ1) is 15.5. The summed E-state index contributed by atoms with van der Waals surface area (Å²) in [6.45, 7) is 5.15. The number of carboxylic acid groups (broad SMARTS) is 1. The first-order valence-corrected chi connectivity index (χ1v) is 8.77. The molecule has 5 nitrogen and oxygen atoms in total. The van der Waals surface area contributed by atoms with Crippen LogP contribution in [0.25, 0.3) is 0 Å². The molecule has 6 heteroatoms. The molecule has 120 valence electrons. The molecular formula is C16H22N2O3S. The van der Waals surface area contributed by atoms with Gasteiger partial charge in [-0.25, -0.2) is 4.98 Å². The number of nitrogens with zero attached hydrogens (tertiary/aromatic N) is 2. The number of rotatable bonds is 4. The van der Waals surface area contributed by atoms with Crippen LogP contribution in [0.5, 0.6) is 0 Å². The molecule has 0 aromatic carbocycles. The van der Waals surface area contributed by atoms with Gasteiger partial charge in [0.05, 0.1) is 10.4 Å². The molecule has 2 aliphatic rings. The van der Waals surface area contributed by atoms with Crippen LogP contribution in [0.2, 0.25) is 0 Å². The molecule has 0 spiro atoms. The van der Waals surface area contributed by atoms with Crippen LogP contribution in [0.15, 0.2) is 5.38 Å². The molecule has 1 N–H and O–H groups in total. The van der Waals surface area contributed by atoms with Crippen LogP contribution in [0.4, 0.5) is 0 Å². The van der Waals surface area contributed by atoms with Gasteiger partial charge in [-0.2, -0.15) is 0 Å². The molecule has 0 radical (unpaired) electrons. The van der Waals surface area contributed by atoms with Crippen molar-refractivity contribution in [3.05, 3.63) is 16.1 Å². The smallest absolute Gasteiger partial charge is 0.311 e. The van der Waals surface area contributed by atoms with Crippen molar-refractivity contribution < 1.29 is 14.7 Å². The van der Waals surface area contributed by atoms with E-state index in [1.807, 2.05) is 5.38 Å². The Morgan fingerprint density at radius 2 is 2.32 bits per heavy atom. The van der Waals surface area contributed by atoms with Gasteiger partial charge < -0.3 is 10.0 Å². The van der Waals surface area contributed by atoms with Crippen LogP contribution in [0, 0.1) is 17.3 Å². The molecule has 0 bridgehead atoms. The standard InChI is InChI=1S/C16H22N2O3S/c1-10(2)6-13-17-12(8-22-13)14(19)18-7-11-4-3-5-16(11,9-18)15(20)21/h8,10-11H,3-7,9H2,1-2H3,(H,20,21)/t11-,16+/m0/s1. The van der Waals surface area contributed by atoms with Crippen molar-refractivity contribution in [1.82, 2.24) is 9.88 Å². The van der Waals surface area contributed by atoms with Crippen molar-refractivity contribution in [2.45, 2.75) is 39.5 Å². The Kier molecular flexibility index (Phi) is 3.97. The average molecular weight is 322 g/mol. The van der Waals surface area contributed by atoms with Gasteiger partial charge in [-0.3, -0.25) is 9.59 Å². The van der Waals surface area contributed by atoms with E-state index in [4.69, 9.17) is 0 Å². The number of carbonyl (C=O) groups is 2. The Hall–Kier alpha value is -1.43. The van der Waals surface area contributed by atoms with Crippen molar-refractivity contribution >= 4 is 23.2 Å². The summed E-state index contributed by atoms with van der Waals surface area (Å²) in [4.78, 5) is 30.4. The number of thiazole rings is 1. The molecule has 2 fully saturated rings. The minimum absolute atomic E-state index is 0.0997. The normalized spacial score (nSPS) is 27.4. The Balaban J connectivity index is 1.74. The molecule has 1 aromatic rings. The minimum Gasteiger partial charge on any atom is -0.481 e. The summed E-state index contributed by atoms with van der Waals surface area (Å²) in [5.41, 5.74) is -0.243. The largest absolute Gasteiger partial charge is 0.481 e. The van der Waals surface area contributed by atoms with E-state index < -0.39 is 11.4 Å². The van der Waals surface area contributed by atoms with Crippen molar-refractivity contribution in [3.8, 4) is 0 Å². The molecule has 2 heterocycles. The summed E-state index contributed by atoms with van der Waals surface area (Å²) >= 11 is 1.52. The number of carboxylic acids is 1.